The molecule has 4 aliphatic rings. The van der Waals surface area contributed by atoms with Crippen molar-refractivity contribution in [1.82, 2.24) is 4.90 Å². The molecule has 3 saturated heterocycles. The molecule has 0 unspecified atom stereocenters. The number of methoxy groups -OCH3 is 3. The normalized spacial score (nSPS) is 30.6. The Balaban J connectivity index is 1.53. The van der Waals surface area contributed by atoms with Crippen molar-refractivity contribution in [3.63, 3.8) is 0 Å². The number of benzene rings is 1. The summed E-state index contributed by atoms with van der Waals surface area (Å²) in [4.78, 5) is 29.5. The molecule has 4 atom stereocenters. The maximum Gasteiger partial charge on any atom is 0.337 e. The maximum atomic E-state index is 14.3. The predicted octanol–water partition coefficient (Wildman–Crippen LogP) is 3.76. The minimum absolute atomic E-state index is 0.0395. The molecule has 0 aliphatic carbocycles. The Morgan fingerprint density at radius 3 is 2.69 bits per heavy atom. The Bertz CT molecular complexity index is 1050. The van der Waals surface area contributed by atoms with Gasteiger partial charge >= 0.3 is 5.97 Å². The van der Waals surface area contributed by atoms with Crippen molar-refractivity contribution in [3.8, 4) is 5.75 Å². The first-order chi connectivity index (χ1) is 17.5. The molecule has 0 amide bonds. The van der Waals surface area contributed by atoms with Gasteiger partial charge in [0.1, 0.15) is 11.3 Å². The maximum absolute atomic E-state index is 14.3. The average molecular weight is 499 g/mol. The second kappa shape index (κ2) is 10.1. The summed E-state index contributed by atoms with van der Waals surface area (Å²) in [5.74, 6) is 0.961. The fraction of sp³-hybridized carbons (Fsp3) is 0.643. The van der Waals surface area contributed by atoms with E-state index in [0.717, 1.165) is 57.7 Å². The van der Waals surface area contributed by atoms with Crippen LogP contribution in [0.15, 0.2) is 24.0 Å². The zero-order valence-electron chi connectivity index (χ0n) is 21.8. The van der Waals surface area contributed by atoms with Crippen LogP contribution in [0.4, 0.5) is 5.69 Å². The lowest BCUT2D eigenvalue weighted by Gasteiger charge is -2.45. The Labute approximate surface area is 213 Å². The van der Waals surface area contributed by atoms with Crippen LogP contribution in [-0.4, -0.2) is 75.9 Å². The number of esters is 1. The van der Waals surface area contributed by atoms with Crippen LogP contribution in [0.3, 0.4) is 0 Å². The topological polar surface area (TPSA) is 86.3 Å². The first kappa shape index (κ1) is 25.1. The Hall–Kier alpha value is -2.58. The monoisotopic (exact) mass is 498 g/mol. The van der Waals surface area contributed by atoms with Gasteiger partial charge in [-0.3, -0.25) is 9.69 Å². The standard InChI is InChI=1S/C28H38N2O6/c1-5-17-15-30-11-10-28(23(30)14-20(17)21(16-33-2)27(32)35-4)26(31)24-22(34-3)7-6-19(25(24)29-28)18-8-12-36-13-9-18/h6-7,16-18,20,23,29H,5,8-15H2,1-4H3/b21-16+/t17-,20+,23+,28+/m1/s1. The van der Waals surface area contributed by atoms with E-state index in [4.69, 9.17) is 18.9 Å². The molecule has 196 valence electrons. The summed E-state index contributed by atoms with van der Waals surface area (Å²) in [5, 5.41) is 3.79. The highest BCUT2D eigenvalue weighted by Crippen LogP contribution is 2.52. The molecule has 0 radical (unpaired) electrons. The molecule has 0 saturated carbocycles. The van der Waals surface area contributed by atoms with Crippen LogP contribution in [0, 0.1) is 11.8 Å². The molecule has 1 aromatic carbocycles. The van der Waals surface area contributed by atoms with E-state index in [1.165, 1.54) is 18.9 Å². The molecule has 4 aliphatic heterocycles. The van der Waals surface area contributed by atoms with Crippen LogP contribution in [0.2, 0.25) is 0 Å². The van der Waals surface area contributed by atoms with E-state index < -0.39 is 5.54 Å². The van der Waals surface area contributed by atoms with Crippen molar-refractivity contribution in [2.24, 2.45) is 11.8 Å². The molecule has 0 aromatic heterocycles. The van der Waals surface area contributed by atoms with Gasteiger partial charge in [0.15, 0.2) is 5.78 Å². The predicted molar refractivity (Wildman–Crippen MR) is 135 cm³/mol. The first-order valence-electron chi connectivity index (χ1n) is 13.2. The number of ether oxygens (including phenoxy) is 4. The summed E-state index contributed by atoms with van der Waals surface area (Å²) in [6, 6.07) is 4.03. The molecular formula is C28H38N2O6. The number of hydrogen-bond acceptors (Lipinski definition) is 8. The summed E-state index contributed by atoms with van der Waals surface area (Å²) in [7, 11) is 4.59. The van der Waals surface area contributed by atoms with Gasteiger partial charge in [-0.05, 0) is 55.1 Å². The molecule has 1 N–H and O–H groups in total. The zero-order chi connectivity index (χ0) is 25.4. The third-order valence-electron chi connectivity index (χ3n) is 8.97. The fourth-order valence-corrected chi connectivity index (χ4v) is 7.10. The molecule has 8 nitrogen and oxygen atoms in total. The Morgan fingerprint density at radius 2 is 2.03 bits per heavy atom. The van der Waals surface area contributed by atoms with Gasteiger partial charge in [-0.15, -0.1) is 0 Å². The largest absolute Gasteiger partial charge is 0.504 e. The van der Waals surface area contributed by atoms with Crippen LogP contribution in [0.5, 0.6) is 5.75 Å². The SMILES string of the molecule is CC[C@@H]1CN2CC[C@]3(Nc4c(C5CCOCC5)ccc(OC)c4C3=O)[C@@H]2C[C@@H]1/C(=C\OC)C(=O)OC. The highest BCUT2D eigenvalue weighted by Gasteiger charge is 2.60. The highest BCUT2D eigenvalue weighted by molar-refractivity contribution is 6.16. The van der Waals surface area contributed by atoms with E-state index in [0.29, 0.717) is 29.2 Å². The lowest BCUT2D eigenvalue weighted by atomic mass is 9.72. The van der Waals surface area contributed by atoms with Crippen molar-refractivity contribution in [3.05, 3.63) is 35.1 Å². The molecule has 1 spiro atoms. The van der Waals surface area contributed by atoms with Crippen molar-refractivity contribution in [1.29, 1.82) is 0 Å². The van der Waals surface area contributed by atoms with Gasteiger partial charge in [0, 0.05) is 32.3 Å². The summed E-state index contributed by atoms with van der Waals surface area (Å²) in [6.07, 6.45) is 5.77. The Morgan fingerprint density at radius 1 is 1.25 bits per heavy atom. The van der Waals surface area contributed by atoms with Crippen molar-refractivity contribution in [2.45, 2.75) is 56.5 Å². The second-order valence-electron chi connectivity index (χ2n) is 10.5. The third-order valence-corrected chi connectivity index (χ3v) is 8.97. The number of hydrogen-bond donors (Lipinski definition) is 1. The fourth-order valence-electron chi connectivity index (χ4n) is 7.10. The van der Waals surface area contributed by atoms with E-state index in [1.54, 1.807) is 14.2 Å². The zero-order valence-corrected chi connectivity index (χ0v) is 21.8. The smallest absolute Gasteiger partial charge is 0.337 e. The van der Waals surface area contributed by atoms with Crippen LogP contribution in [-0.2, 0) is 19.0 Å². The summed E-state index contributed by atoms with van der Waals surface area (Å²) in [5.41, 5.74) is 2.62. The number of carbonyl (C=O) groups excluding carboxylic acids is 2. The van der Waals surface area contributed by atoms with Crippen LogP contribution in [0.1, 0.15) is 60.9 Å². The molecule has 0 bridgehead atoms. The molecule has 1 aromatic rings. The van der Waals surface area contributed by atoms with Gasteiger partial charge in [0.2, 0.25) is 0 Å². The highest BCUT2D eigenvalue weighted by atomic mass is 16.5. The van der Waals surface area contributed by atoms with E-state index in [9.17, 15) is 9.59 Å². The number of anilines is 1. The first-order valence-corrected chi connectivity index (χ1v) is 13.2. The quantitative estimate of drug-likeness (QED) is 0.361. The number of rotatable bonds is 6. The molecule has 36 heavy (non-hydrogen) atoms. The van der Waals surface area contributed by atoms with Gasteiger partial charge in [0.25, 0.3) is 0 Å². The molecule has 3 fully saturated rings. The van der Waals surface area contributed by atoms with E-state index >= 15 is 0 Å². The van der Waals surface area contributed by atoms with Gasteiger partial charge in [-0.25, -0.2) is 4.79 Å². The van der Waals surface area contributed by atoms with E-state index in [-0.39, 0.29) is 29.6 Å². The van der Waals surface area contributed by atoms with Crippen LogP contribution >= 0.6 is 0 Å². The minimum Gasteiger partial charge on any atom is -0.504 e. The Kier molecular flexibility index (Phi) is 7.01. The van der Waals surface area contributed by atoms with E-state index in [1.807, 2.05) is 6.07 Å². The van der Waals surface area contributed by atoms with Gasteiger partial charge < -0.3 is 24.3 Å². The summed E-state index contributed by atoms with van der Waals surface area (Å²) in [6.45, 7) is 5.32. The number of carbonyl (C=O) groups is 2. The van der Waals surface area contributed by atoms with Crippen molar-refractivity contribution >= 4 is 17.4 Å². The number of nitrogens with zero attached hydrogens (tertiary/aromatic N) is 1. The summed E-state index contributed by atoms with van der Waals surface area (Å²) < 4.78 is 21.7. The van der Waals surface area contributed by atoms with Gasteiger partial charge in [0.05, 0.1) is 44.4 Å². The average Bonchev–Trinajstić information content (AvgIpc) is 3.43. The molecule has 5 rings (SSSR count). The second-order valence-corrected chi connectivity index (χ2v) is 10.5. The number of fused-ring (bicyclic) bond motifs is 3. The number of Topliss-reactive ketones (excluding diaryl/α,β-unsaturated/α-hetero) is 1. The number of ketones is 1. The van der Waals surface area contributed by atoms with Gasteiger partial charge in [-0.1, -0.05) is 19.4 Å². The number of piperidine rings is 1. The lowest BCUT2D eigenvalue weighted by Crippen LogP contribution is -2.57. The van der Waals surface area contributed by atoms with Crippen molar-refractivity contribution in [2.75, 3.05) is 52.9 Å². The summed E-state index contributed by atoms with van der Waals surface area (Å²) >= 11 is 0. The van der Waals surface area contributed by atoms with Gasteiger partial charge in [-0.2, -0.15) is 0 Å². The lowest BCUT2D eigenvalue weighted by molar-refractivity contribution is -0.137. The molecular weight excluding hydrogens is 460 g/mol. The third kappa shape index (κ3) is 3.89. The van der Waals surface area contributed by atoms with Crippen LogP contribution < -0.4 is 10.1 Å². The van der Waals surface area contributed by atoms with E-state index in [2.05, 4.69) is 23.2 Å². The molecule has 4 heterocycles. The van der Waals surface area contributed by atoms with Crippen LogP contribution in [0.25, 0.3) is 0 Å². The van der Waals surface area contributed by atoms with Crippen molar-refractivity contribution < 1.29 is 28.5 Å². The number of nitrogens with one attached hydrogen (secondary N) is 1. The molecule has 8 heteroatoms. The minimum atomic E-state index is -0.734.